The van der Waals surface area contributed by atoms with Crippen molar-refractivity contribution in [1.82, 2.24) is 5.32 Å². The number of carbonyl (C=O) groups excluding carboxylic acids is 1. The Bertz CT molecular complexity index is 487. The molecule has 1 heterocycles. The van der Waals surface area contributed by atoms with Gasteiger partial charge in [-0.15, -0.1) is 11.6 Å². The molecule has 0 radical (unpaired) electrons. The molecule has 1 saturated carbocycles. The molecule has 2 aliphatic rings. The zero-order valence-corrected chi connectivity index (χ0v) is 11.3. The molecule has 0 aromatic heterocycles. The van der Waals surface area contributed by atoms with E-state index in [0.717, 1.165) is 12.8 Å². The van der Waals surface area contributed by atoms with Gasteiger partial charge in [0, 0.05) is 17.8 Å². The van der Waals surface area contributed by atoms with Gasteiger partial charge < -0.3 is 14.8 Å². The van der Waals surface area contributed by atoms with Gasteiger partial charge in [-0.3, -0.25) is 4.79 Å². The van der Waals surface area contributed by atoms with Crippen LogP contribution in [0.5, 0.6) is 11.5 Å². The van der Waals surface area contributed by atoms with Crippen LogP contribution in [0.15, 0.2) is 24.3 Å². The lowest BCUT2D eigenvalue weighted by atomic mass is 10.1. The van der Waals surface area contributed by atoms with Crippen LogP contribution < -0.4 is 14.8 Å². The number of nitrogens with one attached hydrogen (secondary N) is 1. The van der Waals surface area contributed by atoms with Crippen LogP contribution in [0.4, 0.5) is 0 Å². The van der Waals surface area contributed by atoms with Crippen molar-refractivity contribution < 1.29 is 14.3 Å². The van der Waals surface area contributed by atoms with Gasteiger partial charge in [0.2, 0.25) is 6.10 Å². The number of rotatable bonds is 4. The van der Waals surface area contributed by atoms with Crippen LogP contribution in [0, 0.1) is 5.41 Å². The fourth-order valence-electron chi connectivity index (χ4n) is 2.07. The second kappa shape index (κ2) is 4.93. The van der Waals surface area contributed by atoms with Gasteiger partial charge in [-0.2, -0.15) is 0 Å². The maximum Gasteiger partial charge on any atom is 0.264 e. The molecule has 0 saturated heterocycles. The predicted molar refractivity (Wildman–Crippen MR) is 71.7 cm³/mol. The summed E-state index contributed by atoms with van der Waals surface area (Å²) in [6, 6.07) is 7.36. The summed E-state index contributed by atoms with van der Waals surface area (Å²) >= 11 is 5.88. The molecule has 5 heteroatoms. The highest BCUT2D eigenvalue weighted by Gasteiger charge is 2.42. The standard InChI is InChI=1S/C14H16ClNO3/c15-8-14(5-6-14)9-16-13(17)12-7-18-10-3-1-2-4-11(10)19-12/h1-4,12H,5-9H2,(H,16,17). The summed E-state index contributed by atoms with van der Waals surface area (Å²) in [4.78, 5) is 12.0. The van der Waals surface area contributed by atoms with E-state index in [0.29, 0.717) is 23.9 Å². The molecule has 1 amide bonds. The van der Waals surface area contributed by atoms with Gasteiger partial charge in [-0.25, -0.2) is 0 Å². The number of benzene rings is 1. The van der Waals surface area contributed by atoms with E-state index in [1.165, 1.54) is 0 Å². The minimum Gasteiger partial charge on any atom is -0.485 e. The fourth-order valence-corrected chi connectivity index (χ4v) is 2.43. The molecular weight excluding hydrogens is 266 g/mol. The average molecular weight is 282 g/mol. The molecule has 1 aromatic carbocycles. The second-order valence-corrected chi connectivity index (χ2v) is 5.48. The largest absolute Gasteiger partial charge is 0.485 e. The molecule has 19 heavy (non-hydrogen) atoms. The maximum absolute atomic E-state index is 12.0. The van der Waals surface area contributed by atoms with Gasteiger partial charge in [-0.05, 0) is 25.0 Å². The molecule has 1 unspecified atom stereocenters. The van der Waals surface area contributed by atoms with Gasteiger partial charge in [-0.1, -0.05) is 12.1 Å². The third-order valence-corrected chi connectivity index (χ3v) is 4.25. The molecule has 1 fully saturated rings. The van der Waals surface area contributed by atoms with E-state index in [9.17, 15) is 4.79 Å². The maximum atomic E-state index is 12.0. The van der Waals surface area contributed by atoms with Crippen molar-refractivity contribution in [1.29, 1.82) is 0 Å². The Balaban J connectivity index is 1.57. The molecule has 0 bridgehead atoms. The van der Waals surface area contributed by atoms with Gasteiger partial charge in [0.15, 0.2) is 11.5 Å². The normalized spacial score (nSPS) is 22.7. The zero-order valence-electron chi connectivity index (χ0n) is 10.5. The third-order valence-electron chi connectivity index (χ3n) is 3.68. The van der Waals surface area contributed by atoms with Gasteiger partial charge in [0.1, 0.15) is 6.61 Å². The Labute approximate surface area is 117 Å². The van der Waals surface area contributed by atoms with Crippen LogP contribution in [-0.2, 0) is 4.79 Å². The number of para-hydroxylation sites is 2. The molecule has 1 N–H and O–H groups in total. The quantitative estimate of drug-likeness (QED) is 0.859. The molecule has 1 aliphatic heterocycles. The lowest BCUT2D eigenvalue weighted by Gasteiger charge is -2.26. The lowest BCUT2D eigenvalue weighted by molar-refractivity contribution is -0.130. The summed E-state index contributed by atoms with van der Waals surface area (Å²) in [6.45, 7) is 0.869. The molecule has 1 aliphatic carbocycles. The first kappa shape index (κ1) is 12.6. The van der Waals surface area contributed by atoms with Crippen LogP contribution >= 0.6 is 11.6 Å². The number of amides is 1. The van der Waals surface area contributed by atoms with Crippen molar-refractivity contribution in [3.05, 3.63) is 24.3 Å². The van der Waals surface area contributed by atoms with Crippen molar-refractivity contribution in [2.75, 3.05) is 19.0 Å². The lowest BCUT2D eigenvalue weighted by Crippen LogP contribution is -2.45. The molecule has 0 spiro atoms. The monoisotopic (exact) mass is 281 g/mol. The molecule has 3 rings (SSSR count). The molecule has 4 nitrogen and oxygen atoms in total. The smallest absolute Gasteiger partial charge is 0.264 e. The Hall–Kier alpha value is -1.42. The molecule has 1 aromatic rings. The van der Waals surface area contributed by atoms with Crippen molar-refractivity contribution in [2.45, 2.75) is 18.9 Å². The van der Waals surface area contributed by atoms with E-state index in [-0.39, 0.29) is 17.9 Å². The van der Waals surface area contributed by atoms with Crippen LogP contribution in [0.2, 0.25) is 0 Å². The average Bonchev–Trinajstić information content (AvgIpc) is 3.25. The van der Waals surface area contributed by atoms with E-state index >= 15 is 0 Å². The van der Waals surface area contributed by atoms with Gasteiger partial charge in [0.25, 0.3) is 5.91 Å². The Morgan fingerprint density at radius 2 is 2.11 bits per heavy atom. The summed E-state index contributed by atoms with van der Waals surface area (Å²) in [7, 11) is 0. The molecule has 102 valence electrons. The van der Waals surface area contributed by atoms with E-state index in [2.05, 4.69) is 5.32 Å². The minimum atomic E-state index is -0.582. The summed E-state index contributed by atoms with van der Waals surface area (Å²) in [6.07, 6.45) is 1.59. The minimum absolute atomic E-state index is 0.116. The first-order chi connectivity index (χ1) is 9.22. The summed E-state index contributed by atoms with van der Waals surface area (Å²) in [5.41, 5.74) is 0.116. The first-order valence-corrected chi connectivity index (χ1v) is 6.98. The number of halogens is 1. The fraction of sp³-hybridized carbons (Fsp3) is 0.500. The summed E-state index contributed by atoms with van der Waals surface area (Å²) in [5.74, 6) is 1.77. The predicted octanol–water partition coefficient (Wildman–Crippen LogP) is 1.96. The number of ether oxygens (including phenoxy) is 2. The highest BCUT2D eigenvalue weighted by molar-refractivity contribution is 6.18. The van der Waals surface area contributed by atoms with Crippen LogP contribution in [0.25, 0.3) is 0 Å². The summed E-state index contributed by atoms with van der Waals surface area (Å²) < 4.78 is 11.2. The zero-order chi connectivity index (χ0) is 13.3. The van der Waals surface area contributed by atoms with E-state index in [4.69, 9.17) is 21.1 Å². The van der Waals surface area contributed by atoms with Crippen molar-refractivity contribution in [3.8, 4) is 11.5 Å². The van der Waals surface area contributed by atoms with Crippen LogP contribution in [0.1, 0.15) is 12.8 Å². The number of fused-ring (bicyclic) bond motifs is 1. The highest BCUT2D eigenvalue weighted by Crippen LogP contribution is 2.45. The third kappa shape index (κ3) is 2.63. The second-order valence-electron chi connectivity index (χ2n) is 5.22. The van der Waals surface area contributed by atoms with Crippen molar-refractivity contribution in [2.24, 2.45) is 5.41 Å². The Morgan fingerprint density at radius 1 is 1.37 bits per heavy atom. The van der Waals surface area contributed by atoms with Crippen LogP contribution in [-0.4, -0.2) is 31.0 Å². The van der Waals surface area contributed by atoms with Crippen molar-refractivity contribution in [3.63, 3.8) is 0 Å². The highest BCUT2D eigenvalue weighted by atomic mass is 35.5. The number of hydrogen-bond donors (Lipinski definition) is 1. The van der Waals surface area contributed by atoms with Gasteiger partial charge in [0.05, 0.1) is 0 Å². The van der Waals surface area contributed by atoms with Gasteiger partial charge >= 0.3 is 0 Å². The number of carbonyl (C=O) groups is 1. The van der Waals surface area contributed by atoms with E-state index in [1.807, 2.05) is 18.2 Å². The molecular formula is C14H16ClNO3. The Kier molecular flexibility index (Phi) is 3.27. The van der Waals surface area contributed by atoms with E-state index < -0.39 is 6.10 Å². The Morgan fingerprint density at radius 3 is 2.79 bits per heavy atom. The number of alkyl halides is 1. The summed E-state index contributed by atoms with van der Waals surface area (Å²) in [5, 5.41) is 2.91. The number of hydrogen-bond acceptors (Lipinski definition) is 3. The van der Waals surface area contributed by atoms with Crippen LogP contribution in [0.3, 0.4) is 0 Å². The SMILES string of the molecule is O=C(NCC1(CCl)CC1)C1COc2ccccc2O1. The molecule has 1 atom stereocenters. The van der Waals surface area contributed by atoms with Crippen molar-refractivity contribution >= 4 is 17.5 Å². The first-order valence-electron chi connectivity index (χ1n) is 6.45. The topological polar surface area (TPSA) is 47.6 Å². The van der Waals surface area contributed by atoms with E-state index in [1.54, 1.807) is 6.07 Å².